The number of aryl methyl sites for hydroxylation is 1. The normalized spacial score (nSPS) is 16.8. The zero-order valence-electron chi connectivity index (χ0n) is 15.7. The number of hydrogen-bond acceptors (Lipinski definition) is 3. The second-order valence-corrected chi connectivity index (χ2v) is 7.20. The molecule has 3 rings (SSSR count). The monoisotopic (exact) mass is 338 g/mol. The predicted molar refractivity (Wildman–Crippen MR) is 106 cm³/mol. The number of anilines is 1. The molecular formula is C22H30N2O. The SMILES string of the molecule is COC[C@@H](C)NC1CCN(c2ccc(-c3cccc(C)c3)cc2)CC1. The van der Waals surface area contributed by atoms with Gasteiger partial charge in [0.05, 0.1) is 6.61 Å². The van der Waals surface area contributed by atoms with Crippen molar-refractivity contribution in [2.45, 2.75) is 38.8 Å². The Labute approximate surface area is 152 Å². The molecule has 0 spiro atoms. The molecule has 1 saturated heterocycles. The van der Waals surface area contributed by atoms with Gasteiger partial charge in [0.25, 0.3) is 0 Å². The Bertz CT molecular complexity index is 660. The highest BCUT2D eigenvalue weighted by Crippen LogP contribution is 2.25. The Morgan fingerprint density at radius 3 is 2.44 bits per heavy atom. The Morgan fingerprint density at radius 1 is 1.08 bits per heavy atom. The van der Waals surface area contributed by atoms with E-state index in [4.69, 9.17) is 4.74 Å². The quantitative estimate of drug-likeness (QED) is 0.852. The molecule has 1 fully saturated rings. The van der Waals surface area contributed by atoms with Gasteiger partial charge in [-0.1, -0.05) is 42.0 Å². The first-order chi connectivity index (χ1) is 12.2. The van der Waals surface area contributed by atoms with E-state index in [1.165, 1.54) is 35.2 Å². The molecule has 1 aliphatic heterocycles. The van der Waals surface area contributed by atoms with E-state index >= 15 is 0 Å². The fourth-order valence-electron chi connectivity index (χ4n) is 3.69. The van der Waals surface area contributed by atoms with Crippen LogP contribution in [-0.4, -0.2) is 38.9 Å². The molecule has 1 aliphatic rings. The van der Waals surface area contributed by atoms with Gasteiger partial charge >= 0.3 is 0 Å². The predicted octanol–water partition coefficient (Wildman–Crippen LogP) is 4.26. The van der Waals surface area contributed by atoms with Gasteiger partial charge in [-0.25, -0.2) is 0 Å². The molecule has 1 N–H and O–H groups in total. The van der Waals surface area contributed by atoms with Crippen LogP contribution in [-0.2, 0) is 4.74 Å². The molecule has 0 saturated carbocycles. The third-order valence-corrected chi connectivity index (χ3v) is 5.02. The number of nitrogens with one attached hydrogen (secondary N) is 1. The summed E-state index contributed by atoms with van der Waals surface area (Å²) in [6.45, 7) is 7.34. The van der Waals surface area contributed by atoms with Crippen molar-refractivity contribution in [3.8, 4) is 11.1 Å². The van der Waals surface area contributed by atoms with Crippen molar-refractivity contribution in [3.05, 3.63) is 54.1 Å². The maximum absolute atomic E-state index is 5.22. The number of rotatable bonds is 6. The zero-order valence-corrected chi connectivity index (χ0v) is 15.7. The molecule has 0 aromatic heterocycles. The van der Waals surface area contributed by atoms with Crippen molar-refractivity contribution in [1.29, 1.82) is 0 Å². The van der Waals surface area contributed by atoms with Crippen molar-refractivity contribution in [3.63, 3.8) is 0 Å². The number of nitrogens with zero attached hydrogens (tertiary/aromatic N) is 1. The summed E-state index contributed by atoms with van der Waals surface area (Å²) in [7, 11) is 1.77. The van der Waals surface area contributed by atoms with Crippen LogP contribution in [0.5, 0.6) is 0 Å². The average molecular weight is 338 g/mol. The largest absolute Gasteiger partial charge is 0.383 e. The molecule has 0 radical (unpaired) electrons. The summed E-state index contributed by atoms with van der Waals surface area (Å²) >= 11 is 0. The van der Waals surface area contributed by atoms with Gasteiger partial charge in [0.15, 0.2) is 0 Å². The van der Waals surface area contributed by atoms with E-state index in [1.54, 1.807) is 7.11 Å². The molecule has 0 aliphatic carbocycles. The molecule has 0 unspecified atom stereocenters. The van der Waals surface area contributed by atoms with E-state index in [0.29, 0.717) is 12.1 Å². The van der Waals surface area contributed by atoms with Gasteiger partial charge in [0.1, 0.15) is 0 Å². The third kappa shape index (κ3) is 4.83. The minimum atomic E-state index is 0.426. The summed E-state index contributed by atoms with van der Waals surface area (Å²) in [4.78, 5) is 2.50. The third-order valence-electron chi connectivity index (χ3n) is 5.02. The highest BCUT2D eigenvalue weighted by molar-refractivity contribution is 5.67. The second kappa shape index (κ2) is 8.50. The lowest BCUT2D eigenvalue weighted by atomic mass is 10.0. The fourth-order valence-corrected chi connectivity index (χ4v) is 3.69. The van der Waals surface area contributed by atoms with Crippen LogP contribution < -0.4 is 10.2 Å². The van der Waals surface area contributed by atoms with E-state index in [0.717, 1.165) is 19.7 Å². The van der Waals surface area contributed by atoms with Crippen molar-refractivity contribution in [1.82, 2.24) is 5.32 Å². The number of ether oxygens (including phenoxy) is 1. The van der Waals surface area contributed by atoms with Crippen LogP contribution in [0.2, 0.25) is 0 Å². The van der Waals surface area contributed by atoms with Gasteiger partial charge in [-0.05, 0) is 49.9 Å². The van der Waals surface area contributed by atoms with Gasteiger partial charge in [0, 0.05) is 38.0 Å². The first-order valence-electron chi connectivity index (χ1n) is 9.33. The Kier molecular flexibility index (Phi) is 6.11. The highest BCUT2D eigenvalue weighted by atomic mass is 16.5. The summed E-state index contributed by atoms with van der Waals surface area (Å²) in [5.74, 6) is 0. The van der Waals surface area contributed by atoms with Crippen LogP contribution in [0.25, 0.3) is 11.1 Å². The van der Waals surface area contributed by atoms with Crippen LogP contribution in [0.4, 0.5) is 5.69 Å². The summed E-state index contributed by atoms with van der Waals surface area (Å²) in [6, 6.07) is 18.7. The molecule has 2 aromatic rings. The molecule has 25 heavy (non-hydrogen) atoms. The Balaban J connectivity index is 1.57. The van der Waals surface area contributed by atoms with Crippen molar-refractivity contribution < 1.29 is 4.74 Å². The Morgan fingerprint density at radius 2 is 1.80 bits per heavy atom. The van der Waals surface area contributed by atoms with E-state index in [9.17, 15) is 0 Å². The van der Waals surface area contributed by atoms with E-state index in [-0.39, 0.29) is 0 Å². The van der Waals surface area contributed by atoms with Gasteiger partial charge in [-0.15, -0.1) is 0 Å². The summed E-state index contributed by atoms with van der Waals surface area (Å²) < 4.78 is 5.22. The molecule has 3 nitrogen and oxygen atoms in total. The maximum Gasteiger partial charge on any atom is 0.0613 e. The first-order valence-corrected chi connectivity index (χ1v) is 9.33. The fraction of sp³-hybridized carbons (Fsp3) is 0.455. The molecule has 1 heterocycles. The van der Waals surface area contributed by atoms with E-state index < -0.39 is 0 Å². The van der Waals surface area contributed by atoms with Crippen LogP contribution in [0.3, 0.4) is 0 Å². The first kappa shape index (κ1) is 18.0. The van der Waals surface area contributed by atoms with Crippen molar-refractivity contribution in [2.75, 3.05) is 31.7 Å². The molecule has 3 heteroatoms. The van der Waals surface area contributed by atoms with Crippen molar-refractivity contribution in [2.24, 2.45) is 0 Å². The van der Waals surface area contributed by atoms with Crippen LogP contribution in [0.15, 0.2) is 48.5 Å². The summed E-state index contributed by atoms with van der Waals surface area (Å²) in [5.41, 5.74) is 5.22. The minimum absolute atomic E-state index is 0.426. The summed E-state index contributed by atoms with van der Waals surface area (Å²) in [5, 5.41) is 3.68. The van der Waals surface area contributed by atoms with Gasteiger partial charge < -0.3 is 15.0 Å². The molecule has 2 aromatic carbocycles. The average Bonchev–Trinajstić information content (AvgIpc) is 2.63. The smallest absolute Gasteiger partial charge is 0.0613 e. The van der Waals surface area contributed by atoms with Crippen LogP contribution in [0, 0.1) is 6.92 Å². The molecular weight excluding hydrogens is 308 g/mol. The molecule has 134 valence electrons. The minimum Gasteiger partial charge on any atom is -0.383 e. The molecule has 0 amide bonds. The van der Waals surface area contributed by atoms with E-state index in [1.807, 2.05) is 0 Å². The lowest BCUT2D eigenvalue weighted by molar-refractivity contribution is 0.163. The van der Waals surface area contributed by atoms with Gasteiger partial charge in [0.2, 0.25) is 0 Å². The molecule has 1 atom stereocenters. The zero-order chi connectivity index (χ0) is 17.6. The van der Waals surface area contributed by atoms with Gasteiger partial charge in [-0.3, -0.25) is 0 Å². The van der Waals surface area contributed by atoms with Crippen molar-refractivity contribution >= 4 is 5.69 Å². The highest BCUT2D eigenvalue weighted by Gasteiger charge is 2.20. The topological polar surface area (TPSA) is 24.5 Å². The Hall–Kier alpha value is -1.84. The summed E-state index contributed by atoms with van der Waals surface area (Å²) in [6.07, 6.45) is 2.38. The second-order valence-electron chi connectivity index (χ2n) is 7.20. The number of methoxy groups -OCH3 is 1. The van der Waals surface area contributed by atoms with Gasteiger partial charge in [-0.2, -0.15) is 0 Å². The van der Waals surface area contributed by atoms with E-state index in [2.05, 4.69) is 72.6 Å². The number of hydrogen-bond donors (Lipinski definition) is 1. The van der Waals surface area contributed by atoms with Crippen LogP contribution >= 0.6 is 0 Å². The number of piperidine rings is 1. The standard InChI is InChI=1S/C22H30N2O/c1-17-5-4-6-20(15-17)19-7-9-22(10-8-19)24-13-11-21(12-14-24)23-18(2)16-25-3/h4-10,15,18,21,23H,11-14,16H2,1-3H3/t18-/m1/s1. The lowest BCUT2D eigenvalue weighted by Gasteiger charge is -2.35. The molecule has 0 bridgehead atoms. The van der Waals surface area contributed by atoms with Crippen LogP contribution in [0.1, 0.15) is 25.3 Å². The maximum atomic E-state index is 5.22. The number of benzene rings is 2. The lowest BCUT2D eigenvalue weighted by Crippen LogP contribution is -2.46.